The molecule has 0 atom stereocenters. The van der Waals surface area contributed by atoms with Crippen LogP contribution in [0.5, 0.6) is 0 Å². The molecule has 4 heteroatoms. The second-order valence-electron chi connectivity index (χ2n) is 7.54. The summed E-state index contributed by atoms with van der Waals surface area (Å²) in [6, 6.07) is 10.2. The zero-order valence-electron chi connectivity index (χ0n) is 18.5. The highest BCUT2D eigenvalue weighted by atomic mass is 16.6. The number of carbonyl (C=O) groups excluding carboxylic acids is 1. The fourth-order valence-electron chi connectivity index (χ4n) is 1.96. The van der Waals surface area contributed by atoms with Crippen LogP contribution in [0.1, 0.15) is 67.9 Å². The van der Waals surface area contributed by atoms with Crippen LogP contribution in [0, 0.1) is 5.92 Å². The maximum Gasteiger partial charge on any atom is 0.308 e. The van der Waals surface area contributed by atoms with Crippen molar-refractivity contribution >= 4 is 16.9 Å². The number of para-hydroxylation sites is 1. The van der Waals surface area contributed by atoms with Crippen LogP contribution >= 0.6 is 0 Å². The van der Waals surface area contributed by atoms with E-state index < -0.39 is 0 Å². The van der Waals surface area contributed by atoms with Gasteiger partial charge in [-0.05, 0) is 40.7 Å². The molecule has 0 aliphatic rings. The van der Waals surface area contributed by atoms with Crippen molar-refractivity contribution < 1.29 is 14.3 Å². The number of nitrogens with zero attached hydrogens (tertiary/aromatic N) is 1. The van der Waals surface area contributed by atoms with E-state index in [0.29, 0.717) is 6.61 Å². The number of fused-ring (bicyclic) bond motifs is 1. The molecule has 1 aromatic carbocycles. The van der Waals surface area contributed by atoms with Gasteiger partial charge in [0.2, 0.25) is 0 Å². The van der Waals surface area contributed by atoms with Gasteiger partial charge >= 0.3 is 5.97 Å². The van der Waals surface area contributed by atoms with Crippen molar-refractivity contribution in [3.05, 3.63) is 42.1 Å². The molecule has 0 spiro atoms. The molecule has 0 radical (unpaired) electrons. The van der Waals surface area contributed by atoms with Crippen LogP contribution in [0.3, 0.4) is 0 Å². The summed E-state index contributed by atoms with van der Waals surface area (Å²) in [7, 11) is 0. The predicted molar refractivity (Wildman–Crippen MR) is 114 cm³/mol. The molecule has 0 fully saturated rings. The van der Waals surface area contributed by atoms with Crippen molar-refractivity contribution in [1.29, 1.82) is 0 Å². The van der Waals surface area contributed by atoms with E-state index in [1.165, 1.54) is 5.39 Å². The zero-order valence-corrected chi connectivity index (χ0v) is 18.5. The summed E-state index contributed by atoms with van der Waals surface area (Å²) in [6.45, 7) is 18.0. The smallest absolute Gasteiger partial charge is 0.308 e. The highest BCUT2D eigenvalue weighted by Crippen LogP contribution is 2.17. The summed E-state index contributed by atoms with van der Waals surface area (Å²) in [6.07, 6.45) is 2.07. The Hall–Kier alpha value is -1.94. The monoisotopic (exact) mass is 375 g/mol. The van der Waals surface area contributed by atoms with E-state index >= 15 is 0 Å². The Morgan fingerprint density at radius 3 is 2.11 bits per heavy atom. The number of hydrogen-bond acceptors (Lipinski definition) is 4. The van der Waals surface area contributed by atoms with E-state index in [4.69, 9.17) is 9.47 Å². The Kier molecular flexibility index (Phi) is 11.6. The second-order valence-corrected chi connectivity index (χ2v) is 7.54. The van der Waals surface area contributed by atoms with Crippen molar-refractivity contribution in [1.82, 2.24) is 4.98 Å². The minimum Gasteiger partial charge on any atom is -0.460 e. The molecule has 0 saturated carbocycles. The third kappa shape index (κ3) is 10.7. The number of aromatic nitrogens is 1. The van der Waals surface area contributed by atoms with E-state index in [2.05, 4.69) is 23.2 Å². The minimum atomic E-state index is -0.346. The average molecular weight is 376 g/mol. The number of benzene rings is 1. The molecule has 0 aliphatic carbocycles. The van der Waals surface area contributed by atoms with Crippen molar-refractivity contribution in [2.24, 2.45) is 5.92 Å². The van der Waals surface area contributed by atoms with Crippen LogP contribution in [0.2, 0.25) is 0 Å². The van der Waals surface area contributed by atoms with Gasteiger partial charge in [-0.3, -0.25) is 9.78 Å². The van der Waals surface area contributed by atoms with Crippen molar-refractivity contribution in [2.45, 2.75) is 80.6 Å². The average Bonchev–Trinajstić information content (AvgIpc) is 2.60. The normalized spacial score (nSPS) is 10.8. The highest BCUT2D eigenvalue weighted by Gasteiger charge is 2.18. The summed E-state index contributed by atoms with van der Waals surface area (Å²) in [5, 5.41) is 1.17. The Balaban J connectivity index is 0.000000495. The maximum atomic E-state index is 10.9. The molecule has 2 aromatic rings. The van der Waals surface area contributed by atoms with Crippen LogP contribution < -0.4 is 0 Å². The van der Waals surface area contributed by atoms with Gasteiger partial charge in [-0.15, -0.1) is 0 Å². The van der Waals surface area contributed by atoms with Gasteiger partial charge in [0.15, 0.2) is 0 Å². The standard InChI is InChI=1S/C13H15NO.C8H16O2.C2H6/c1-10(2)15-9-12-6-3-5-11-7-4-8-14-13(11)12;1-6(2)7(9)10-8(3,4)5;1-2/h3-8,10H,9H2,1-2H3;6H,1-5H3;1-2H3. The molecule has 0 aliphatic heterocycles. The lowest BCUT2D eigenvalue weighted by Gasteiger charge is -2.20. The van der Waals surface area contributed by atoms with Gasteiger partial charge in [0.05, 0.1) is 24.1 Å². The van der Waals surface area contributed by atoms with Gasteiger partial charge in [0, 0.05) is 17.1 Å². The van der Waals surface area contributed by atoms with E-state index in [9.17, 15) is 4.79 Å². The third-order valence-corrected chi connectivity index (χ3v) is 3.17. The molecule has 27 heavy (non-hydrogen) atoms. The SMILES string of the molecule is CC.CC(C)C(=O)OC(C)(C)C.CC(C)OCc1cccc2cccnc12. The predicted octanol–water partition coefficient (Wildman–Crippen LogP) is 6.17. The van der Waals surface area contributed by atoms with Crippen molar-refractivity contribution in [3.8, 4) is 0 Å². The Bertz CT molecular complexity index is 667. The molecular weight excluding hydrogens is 338 g/mol. The number of esters is 1. The number of carbonyl (C=O) groups is 1. The van der Waals surface area contributed by atoms with Gasteiger partial charge in [0.1, 0.15) is 5.60 Å². The Morgan fingerprint density at radius 2 is 1.63 bits per heavy atom. The summed E-state index contributed by atoms with van der Waals surface area (Å²) in [5.74, 6) is -0.160. The van der Waals surface area contributed by atoms with Crippen LogP contribution in [0.25, 0.3) is 10.9 Å². The lowest BCUT2D eigenvalue weighted by molar-refractivity contribution is -0.158. The number of hydrogen-bond donors (Lipinski definition) is 0. The number of pyridine rings is 1. The summed E-state index contributed by atoms with van der Waals surface area (Å²) in [5.41, 5.74) is 1.85. The molecule has 152 valence electrons. The topological polar surface area (TPSA) is 48.4 Å². The molecule has 0 unspecified atom stereocenters. The van der Waals surface area contributed by atoms with Gasteiger partial charge < -0.3 is 9.47 Å². The van der Waals surface area contributed by atoms with Gasteiger partial charge in [-0.25, -0.2) is 0 Å². The molecule has 0 saturated heterocycles. The molecular formula is C23H37NO3. The molecule has 0 N–H and O–H groups in total. The second kappa shape index (κ2) is 12.4. The maximum absolute atomic E-state index is 10.9. The molecule has 2 rings (SSSR count). The number of rotatable bonds is 4. The van der Waals surface area contributed by atoms with Crippen LogP contribution in [-0.4, -0.2) is 22.7 Å². The van der Waals surface area contributed by atoms with Crippen molar-refractivity contribution in [2.75, 3.05) is 0 Å². The van der Waals surface area contributed by atoms with Crippen LogP contribution in [0.4, 0.5) is 0 Å². The van der Waals surface area contributed by atoms with Crippen LogP contribution in [-0.2, 0) is 20.9 Å². The molecule has 4 nitrogen and oxygen atoms in total. The first kappa shape index (κ1) is 25.1. The summed E-state index contributed by atoms with van der Waals surface area (Å²) < 4.78 is 10.7. The van der Waals surface area contributed by atoms with Crippen LogP contribution in [0.15, 0.2) is 36.5 Å². The lowest BCUT2D eigenvalue weighted by Crippen LogP contribution is -2.26. The fourth-order valence-corrected chi connectivity index (χ4v) is 1.96. The quantitative estimate of drug-likeness (QED) is 0.600. The molecule has 1 aromatic heterocycles. The first-order valence-corrected chi connectivity index (χ1v) is 9.77. The third-order valence-electron chi connectivity index (χ3n) is 3.17. The van der Waals surface area contributed by atoms with E-state index in [1.807, 2.05) is 80.6 Å². The Labute approximate surface area is 165 Å². The largest absolute Gasteiger partial charge is 0.460 e. The summed E-state index contributed by atoms with van der Waals surface area (Å²) in [4.78, 5) is 15.3. The van der Waals surface area contributed by atoms with E-state index in [0.717, 1.165) is 11.1 Å². The number of ether oxygens (including phenoxy) is 2. The summed E-state index contributed by atoms with van der Waals surface area (Å²) >= 11 is 0. The first-order valence-electron chi connectivity index (χ1n) is 9.77. The minimum absolute atomic E-state index is 0.0285. The fraction of sp³-hybridized carbons (Fsp3) is 0.565. The molecule has 0 amide bonds. The van der Waals surface area contributed by atoms with E-state index in [-0.39, 0.29) is 23.6 Å². The van der Waals surface area contributed by atoms with Gasteiger partial charge in [-0.2, -0.15) is 0 Å². The lowest BCUT2D eigenvalue weighted by atomic mass is 10.1. The highest BCUT2D eigenvalue weighted by molar-refractivity contribution is 5.81. The van der Waals surface area contributed by atoms with Gasteiger partial charge in [-0.1, -0.05) is 52.0 Å². The van der Waals surface area contributed by atoms with Gasteiger partial charge in [0.25, 0.3) is 0 Å². The van der Waals surface area contributed by atoms with E-state index in [1.54, 1.807) is 0 Å². The first-order chi connectivity index (χ1) is 12.6. The Morgan fingerprint density at radius 1 is 1.04 bits per heavy atom. The van der Waals surface area contributed by atoms with Crippen molar-refractivity contribution in [3.63, 3.8) is 0 Å². The molecule has 1 heterocycles. The zero-order chi connectivity index (χ0) is 21.0. The molecule has 0 bridgehead atoms.